The minimum absolute atomic E-state index is 0.242. The maximum absolute atomic E-state index is 11.9. The Morgan fingerprint density at radius 1 is 1.11 bits per heavy atom. The molecule has 0 saturated heterocycles. The van der Waals surface area contributed by atoms with Gasteiger partial charge in [-0.1, -0.05) is 27.7 Å². The largest absolute Gasteiger partial charge is 0.315 e. The summed E-state index contributed by atoms with van der Waals surface area (Å²) in [5.41, 5.74) is 0.242. The van der Waals surface area contributed by atoms with Gasteiger partial charge in [0.1, 0.15) is 0 Å². The fourth-order valence-electron chi connectivity index (χ4n) is 2.25. The van der Waals surface area contributed by atoms with Crippen molar-refractivity contribution in [2.75, 3.05) is 18.8 Å². The van der Waals surface area contributed by atoms with E-state index in [0.29, 0.717) is 18.5 Å². The normalized spacial score (nSPS) is 18.2. The van der Waals surface area contributed by atoms with Crippen LogP contribution in [-0.4, -0.2) is 33.3 Å². The van der Waals surface area contributed by atoms with Crippen LogP contribution in [0.1, 0.15) is 53.4 Å². The van der Waals surface area contributed by atoms with Gasteiger partial charge >= 0.3 is 0 Å². The molecule has 1 aliphatic carbocycles. The lowest BCUT2D eigenvalue weighted by atomic mass is 9.93. The fourth-order valence-corrected chi connectivity index (χ4v) is 3.49. The van der Waals surface area contributed by atoms with E-state index in [1.807, 2.05) is 0 Å². The van der Waals surface area contributed by atoms with Gasteiger partial charge in [-0.3, -0.25) is 0 Å². The molecule has 0 atom stereocenters. The van der Waals surface area contributed by atoms with E-state index in [0.717, 1.165) is 32.2 Å². The first kappa shape index (κ1) is 16.9. The summed E-state index contributed by atoms with van der Waals surface area (Å²) in [5, 5.41) is 3.30. The highest BCUT2D eigenvalue weighted by atomic mass is 32.2. The average molecular weight is 290 g/mol. The molecule has 0 unspecified atom stereocenters. The highest BCUT2D eigenvalue weighted by Gasteiger charge is 2.45. The Kier molecular flexibility index (Phi) is 6.27. The predicted octanol–water partition coefficient (Wildman–Crippen LogP) is 2.12. The monoisotopic (exact) mass is 290 g/mol. The zero-order valence-electron chi connectivity index (χ0n) is 12.8. The standard InChI is InChI=1S/C14H30N2O2S/c1-12(2)14(7-8-14)11-16-19(17,18)10-6-5-9-15-13(3)4/h12-13,15-16H,5-11H2,1-4H3. The molecular weight excluding hydrogens is 260 g/mol. The molecule has 0 aromatic rings. The maximum Gasteiger partial charge on any atom is 0.211 e. The summed E-state index contributed by atoms with van der Waals surface area (Å²) >= 11 is 0. The molecule has 0 heterocycles. The summed E-state index contributed by atoms with van der Waals surface area (Å²) in [5.74, 6) is 0.812. The van der Waals surface area contributed by atoms with E-state index in [9.17, 15) is 8.42 Å². The molecule has 1 saturated carbocycles. The van der Waals surface area contributed by atoms with Crippen LogP contribution < -0.4 is 10.0 Å². The first-order valence-corrected chi connectivity index (χ1v) is 9.13. The summed E-state index contributed by atoms with van der Waals surface area (Å²) in [6.07, 6.45) is 3.95. The van der Waals surface area contributed by atoms with Gasteiger partial charge in [-0.2, -0.15) is 0 Å². The molecule has 114 valence electrons. The quantitative estimate of drug-likeness (QED) is 0.606. The molecule has 4 nitrogen and oxygen atoms in total. The number of hydrogen-bond donors (Lipinski definition) is 2. The van der Waals surface area contributed by atoms with Crippen LogP contribution in [0.5, 0.6) is 0 Å². The zero-order chi connectivity index (χ0) is 14.5. The zero-order valence-corrected chi connectivity index (χ0v) is 13.6. The average Bonchev–Trinajstić information content (AvgIpc) is 3.06. The lowest BCUT2D eigenvalue weighted by Crippen LogP contribution is -2.34. The van der Waals surface area contributed by atoms with Gasteiger partial charge in [0, 0.05) is 12.6 Å². The molecule has 0 bridgehead atoms. The van der Waals surface area contributed by atoms with Crippen molar-refractivity contribution in [1.29, 1.82) is 0 Å². The number of hydrogen-bond acceptors (Lipinski definition) is 3. The third-order valence-electron chi connectivity index (χ3n) is 4.15. The van der Waals surface area contributed by atoms with Gasteiger partial charge in [-0.15, -0.1) is 0 Å². The van der Waals surface area contributed by atoms with Crippen molar-refractivity contribution in [3.63, 3.8) is 0 Å². The minimum atomic E-state index is -3.09. The second-order valence-corrected chi connectivity index (χ2v) is 8.40. The number of sulfonamides is 1. The predicted molar refractivity (Wildman–Crippen MR) is 80.7 cm³/mol. The Morgan fingerprint density at radius 2 is 1.74 bits per heavy atom. The first-order valence-electron chi connectivity index (χ1n) is 7.48. The van der Waals surface area contributed by atoms with Crippen molar-refractivity contribution in [3.8, 4) is 0 Å². The van der Waals surface area contributed by atoms with Crippen LogP contribution >= 0.6 is 0 Å². The van der Waals surface area contributed by atoms with Gasteiger partial charge in [0.05, 0.1) is 5.75 Å². The van der Waals surface area contributed by atoms with Crippen LogP contribution in [0.25, 0.3) is 0 Å². The smallest absolute Gasteiger partial charge is 0.211 e. The summed E-state index contributed by atoms with van der Waals surface area (Å²) < 4.78 is 26.6. The second kappa shape index (κ2) is 7.04. The lowest BCUT2D eigenvalue weighted by molar-refractivity contribution is 0.357. The van der Waals surface area contributed by atoms with Gasteiger partial charge in [0.2, 0.25) is 10.0 Å². The molecule has 19 heavy (non-hydrogen) atoms. The van der Waals surface area contributed by atoms with E-state index in [2.05, 4.69) is 37.7 Å². The van der Waals surface area contributed by atoms with Crippen molar-refractivity contribution < 1.29 is 8.42 Å². The molecular formula is C14H30N2O2S. The topological polar surface area (TPSA) is 58.2 Å². The minimum Gasteiger partial charge on any atom is -0.315 e. The Hall–Kier alpha value is -0.130. The van der Waals surface area contributed by atoms with Crippen LogP contribution in [-0.2, 0) is 10.0 Å². The Labute approximate surface area is 118 Å². The van der Waals surface area contributed by atoms with Crippen LogP contribution in [0.15, 0.2) is 0 Å². The van der Waals surface area contributed by atoms with Crippen molar-refractivity contribution in [1.82, 2.24) is 10.0 Å². The van der Waals surface area contributed by atoms with Crippen molar-refractivity contribution in [3.05, 3.63) is 0 Å². The van der Waals surface area contributed by atoms with Crippen LogP contribution in [0, 0.1) is 11.3 Å². The maximum atomic E-state index is 11.9. The van der Waals surface area contributed by atoms with E-state index < -0.39 is 10.0 Å². The molecule has 0 amide bonds. The number of rotatable bonds is 10. The molecule has 0 aromatic carbocycles. The van der Waals surface area contributed by atoms with Gasteiger partial charge in [0.15, 0.2) is 0 Å². The third-order valence-corrected chi connectivity index (χ3v) is 5.56. The molecule has 2 N–H and O–H groups in total. The van der Waals surface area contributed by atoms with E-state index in [4.69, 9.17) is 0 Å². The van der Waals surface area contributed by atoms with Gasteiger partial charge in [-0.05, 0) is 43.6 Å². The Bertz CT molecular complexity index is 360. The summed E-state index contributed by atoms with van der Waals surface area (Å²) in [6, 6.07) is 0.468. The molecule has 1 rings (SSSR count). The summed E-state index contributed by atoms with van der Waals surface area (Å²) in [4.78, 5) is 0. The third kappa shape index (κ3) is 6.23. The lowest BCUT2D eigenvalue weighted by Gasteiger charge is -2.20. The first-order chi connectivity index (χ1) is 8.77. The van der Waals surface area contributed by atoms with E-state index >= 15 is 0 Å². The van der Waals surface area contributed by atoms with Crippen LogP contribution in [0.4, 0.5) is 0 Å². The van der Waals surface area contributed by atoms with Crippen LogP contribution in [0.2, 0.25) is 0 Å². The summed E-state index contributed by atoms with van der Waals surface area (Å²) in [7, 11) is -3.09. The molecule has 0 radical (unpaired) electrons. The van der Waals surface area contributed by atoms with E-state index in [1.165, 1.54) is 0 Å². The number of nitrogens with one attached hydrogen (secondary N) is 2. The fraction of sp³-hybridized carbons (Fsp3) is 1.00. The van der Waals surface area contributed by atoms with E-state index in [-0.39, 0.29) is 11.2 Å². The van der Waals surface area contributed by atoms with Crippen molar-refractivity contribution in [2.24, 2.45) is 11.3 Å². The molecule has 0 aliphatic heterocycles. The number of unbranched alkanes of at least 4 members (excludes halogenated alkanes) is 1. The Balaban J connectivity index is 2.18. The SMILES string of the molecule is CC(C)NCCCCS(=O)(=O)NCC1(C(C)C)CC1. The molecule has 1 fully saturated rings. The highest BCUT2D eigenvalue weighted by molar-refractivity contribution is 7.89. The second-order valence-electron chi connectivity index (χ2n) is 6.47. The van der Waals surface area contributed by atoms with Gasteiger partial charge in [0.25, 0.3) is 0 Å². The highest BCUT2D eigenvalue weighted by Crippen LogP contribution is 2.51. The van der Waals surface area contributed by atoms with Crippen LogP contribution in [0.3, 0.4) is 0 Å². The van der Waals surface area contributed by atoms with Crippen molar-refractivity contribution in [2.45, 2.75) is 59.4 Å². The molecule has 0 spiro atoms. The van der Waals surface area contributed by atoms with Gasteiger partial charge < -0.3 is 5.32 Å². The van der Waals surface area contributed by atoms with E-state index in [1.54, 1.807) is 0 Å². The van der Waals surface area contributed by atoms with Crippen molar-refractivity contribution >= 4 is 10.0 Å². The molecule has 0 aromatic heterocycles. The molecule has 5 heteroatoms. The molecule has 1 aliphatic rings. The summed E-state index contributed by atoms with van der Waals surface area (Å²) in [6.45, 7) is 10.1. The van der Waals surface area contributed by atoms with Gasteiger partial charge in [-0.25, -0.2) is 13.1 Å². The Morgan fingerprint density at radius 3 is 2.21 bits per heavy atom.